The zero-order chi connectivity index (χ0) is 13.1. The molecule has 1 amide bonds. The summed E-state index contributed by atoms with van der Waals surface area (Å²) in [6.45, 7) is 4.23. The van der Waals surface area contributed by atoms with Crippen LogP contribution in [0.25, 0.3) is 0 Å². The van der Waals surface area contributed by atoms with Crippen molar-refractivity contribution in [3.05, 3.63) is 18.1 Å². The van der Waals surface area contributed by atoms with E-state index in [1.807, 2.05) is 0 Å². The summed E-state index contributed by atoms with van der Waals surface area (Å²) in [4.78, 5) is 23.8. The fourth-order valence-electron chi connectivity index (χ4n) is 1.92. The second kappa shape index (κ2) is 5.30. The van der Waals surface area contributed by atoms with Gasteiger partial charge in [0.2, 0.25) is 0 Å². The van der Waals surface area contributed by atoms with Crippen molar-refractivity contribution in [1.82, 2.24) is 14.9 Å². The number of nitrogens with zero attached hydrogens (tertiary/aromatic N) is 4. The van der Waals surface area contributed by atoms with E-state index in [2.05, 4.69) is 21.8 Å². The number of anilines is 1. The van der Waals surface area contributed by atoms with Crippen LogP contribution in [-0.2, 0) is 4.74 Å². The Hall–Kier alpha value is -1.69. The minimum atomic E-state index is -0.112. The SMILES string of the molecule is C[C@H]1COCCN1c1cc(C(=O)N(C)C)ncn1. The van der Waals surface area contributed by atoms with E-state index in [0.717, 1.165) is 12.4 Å². The number of rotatable bonds is 2. The van der Waals surface area contributed by atoms with E-state index in [1.165, 1.54) is 11.2 Å². The minimum absolute atomic E-state index is 0.112. The smallest absolute Gasteiger partial charge is 0.272 e. The molecule has 0 bridgehead atoms. The van der Waals surface area contributed by atoms with Crippen molar-refractivity contribution in [3.8, 4) is 0 Å². The highest BCUT2D eigenvalue weighted by Gasteiger charge is 2.21. The van der Waals surface area contributed by atoms with Crippen LogP contribution in [0.5, 0.6) is 0 Å². The number of aromatic nitrogens is 2. The van der Waals surface area contributed by atoms with Gasteiger partial charge in [-0.2, -0.15) is 0 Å². The van der Waals surface area contributed by atoms with E-state index < -0.39 is 0 Å². The lowest BCUT2D eigenvalue weighted by molar-refractivity contribution is 0.0821. The molecule has 1 aliphatic heterocycles. The number of ether oxygens (including phenoxy) is 1. The van der Waals surface area contributed by atoms with Crippen molar-refractivity contribution in [2.75, 3.05) is 38.8 Å². The fourth-order valence-corrected chi connectivity index (χ4v) is 1.92. The van der Waals surface area contributed by atoms with Gasteiger partial charge in [0, 0.05) is 26.7 Å². The third-order valence-electron chi connectivity index (χ3n) is 2.94. The summed E-state index contributed by atoms with van der Waals surface area (Å²) in [6.07, 6.45) is 1.44. The molecule has 0 N–H and O–H groups in total. The Kier molecular flexibility index (Phi) is 3.76. The van der Waals surface area contributed by atoms with E-state index in [0.29, 0.717) is 18.9 Å². The normalized spacial score (nSPS) is 19.7. The van der Waals surface area contributed by atoms with Gasteiger partial charge in [0.25, 0.3) is 5.91 Å². The van der Waals surface area contributed by atoms with Gasteiger partial charge in [-0.05, 0) is 6.92 Å². The molecule has 2 rings (SSSR count). The lowest BCUT2D eigenvalue weighted by atomic mass is 10.2. The average molecular weight is 250 g/mol. The summed E-state index contributed by atoms with van der Waals surface area (Å²) in [7, 11) is 3.42. The van der Waals surface area contributed by atoms with Crippen molar-refractivity contribution >= 4 is 11.7 Å². The lowest BCUT2D eigenvalue weighted by Crippen LogP contribution is -2.44. The van der Waals surface area contributed by atoms with Crippen molar-refractivity contribution in [1.29, 1.82) is 0 Å². The van der Waals surface area contributed by atoms with Gasteiger partial charge in [0.15, 0.2) is 0 Å². The molecule has 0 saturated carbocycles. The summed E-state index contributed by atoms with van der Waals surface area (Å²) in [6, 6.07) is 2.00. The van der Waals surface area contributed by atoms with Gasteiger partial charge in [-0.1, -0.05) is 0 Å². The first kappa shape index (κ1) is 12.8. The first-order valence-corrected chi connectivity index (χ1v) is 5.97. The van der Waals surface area contributed by atoms with Gasteiger partial charge in [-0.15, -0.1) is 0 Å². The Morgan fingerprint density at radius 2 is 2.28 bits per heavy atom. The molecule has 18 heavy (non-hydrogen) atoms. The number of hydrogen-bond acceptors (Lipinski definition) is 5. The van der Waals surface area contributed by atoms with Crippen LogP contribution < -0.4 is 4.90 Å². The number of morpholine rings is 1. The topological polar surface area (TPSA) is 58.6 Å². The van der Waals surface area contributed by atoms with Crippen molar-refractivity contribution in [2.24, 2.45) is 0 Å². The van der Waals surface area contributed by atoms with Crippen LogP contribution in [0.1, 0.15) is 17.4 Å². The molecule has 1 aromatic heterocycles. The van der Waals surface area contributed by atoms with Crippen LogP contribution in [0.15, 0.2) is 12.4 Å². The van der Waals surface area contributed by atoms with Crippen LogP contribution >= 0.6 is 0 Å². The summed E-state index contributed by atoms with van der Waals surface area (Å²) in [5, 5.41) is 0. The van der Waals surface area contributed by atoms with Gasteiger partial charge >= 0.3 is 0 Å². The van der Waals surface area contributed by atoms with E-state index in [1.54, 1.807) is 20.2 Å². The molecule has 1 saturated heterocycles. The maximum absolute atomic E-state index is 11.9. The highest BCUT2D eigenvalue weighted by molar-refractivity contribution is 5.92. The number of carbonyl (C=O) groups is 1. The van der Waals surface area contributed by atoms with Crippen molar-refractivity contribution < 1.29 is 9.53 Å². The molecule has 6 nitrogen and oxygen atoms in total. The number of carbonyl (C=O) groups excluding carboxylic acids is 1. The minimum Gasteiger partial charge on any atom is -0.377 e. The maximum atomic E-state index is 11.9. The standard InChI is InChI=1S/C12H18N4O2/c1-9-7-18-5-4-16(9)11-6-10(13-8-14-11)12(17)15(2)3/h6,8-9H,4-5,7H2,1-3H3/t9-/m0/s1. The summed E-state index contributed by atoms with van der Waals surface area (Å²) in [5.74, 6) is 0.672. The third-order valence-corrected chi connectivity index (χ3v) is 2.94. The Labute approximate surface area is 107 Å². The van der Waals surface area contributed by atoms with Crippen molar-refractivity contribution in [3.63, 3.8) is 0 Å². The van der Waals surface area contributed by atoms with Gasteiger partial charge in [-0.3, -0.25) is 4.79 Å². The zero-order valence-electron chi connectivity index (χ0n) is 11.0. The third kappa shape index (κ3) is 2.59. The van der Waals surface area contributed by atoms with Crippen LogP contribution in [0.3, 0.4) is 0 Å². The lowest BCUT2D eigenvalue weighted by Gasteiger charge is -2.34. The van der Waals surface area contributed by atoms with Crippen molar-refractivity contribution in [2.45, 2.75) is 13.0 Å². The molecule has 98 valence electrons. The molecule has 1 fully saturated rings. The van der Waals surface area contributed by atoms with Gasteiger partial charge < -0.3 is 14.5 Å². The predicted octanol–water partition coefficient (Wildman–Crippen LogP) is 0.403. The van der Waals surface area contributed by atoms with Gasteiger partial charge in [0.05, 0.1) is 19.3 Å². The van der Waals surface area contributed by atoms with Gasteiger partial charge in [0.1, 0.15) is 17.8 Å². The van der Waals surface area contributed by atoms with Crippen LogP contribution in [0, 0.1) is 0 Å². The molecule has 1 aromatic rings. The molecule has 1 aliphatic rings. The predicted molar refractivity (Wildman–Crippen MR) is 67.7 cm³/mol. The molecule has 0 radical (unpaired) electrons. The second-order valence-electron chi connectivity index (χ2n) is 4.58. The molecule has 0 aromatic carbocycles. The van der Waals surface area contributed by atoms with Crippen LogP contribution in [-0.4, -0.2) is 60.7 Å². The molecule has 2 heterocycles. The Morgan fingerprint density at radius 3 is 2.94 bits per heavy atom. The van der Waals surface area contributed by atoms with Crippen LogP contribution in [0.4, 0.5) is 5.82 Å². The quantitative estimate of drug-likeness (QED) is 0.760. The zero-order valence-corrected chi connectivity index (χ0v) is 11.0. The average Bonchev–Trinajstić information content (AvgIpc) is 2.38. The number of amides is 1. The molecule has 0 unspecified atom stereocenters. The van der Waals surface area contributed by atoms with E-state index in [9.17, 15) is 4.79 Å². The summed E-state index contributed by atoms with van der Waals surface area (Å²) < 4.78 is 5.39. The first-order valence-electron chi connectivity index (χ1n) is 5.97. The summed E-state index contributed by atoms with van der Waals surface area (Å²) in [5.41, 5.74) is 0.420. The number of hydrogen-bond donors (Lipinski definition) is 0. The summed E-state index contributed by atoms with van der Waals surface area (Å²) >= 11 is 0. The highest BCUT2D eigenvalue weighted by Crippen LogP contribution is 2.17. The van der Waals surface area contributed by atoms with E-state index in [4.69, 9.17) is 4.74 Å². The molecule has 0 spiro atoms. The van der Waals surface area contributed by atoms with Gasteiger partial charge in [-0.25, -0.2) is 9.97 Å². The highest BCUT2D eigenvalue weighted by atomic mass is 16.5. The maximum Gasteiger partial charge on any atom is 0.272 e. The second-order valence-corrected chi connectivity index (χ2v) is 4.58. The molecule has 6 heteroatoms. The Balaban J connectivity index is 2.23. The first-order chi connectivity index (χ1) is 8.59. The molecular weight excluding hydrogens is 232 g/mol. The fraction of sp³-hybridized carbons (Fsp3) is 0.583. The Bertz CT molecular complexity index is 436. The molecule has 1 atom stereocenters. The Morgan fingerprint density at radius 1 is 1.50 bits per heavy atom. The molecular formula is C12H18N4O2. The van der Waals surface area contributed by atoms with E-state index in [-0.39, 0.29) is 11.9 Å². The molecule has 0 aliphatic carbocycles. The largest absolute Gasteiger partial charge is 0.377 e. The van der Waals surface area contributed by atoms with E-state index >= 15 is 0 Å². The van der Waals surface area contributed by atoms with Crippen LogP contribution in [0.2, 0.25) is 0 Å². The monoisotopic (exact) mass is 250 g/mol.